The summed E-state index contributed by atoms with van der Waals surface area (Å²) < 4.78 is 5.51. The van der Waals surface area contributed by atoms with Crippen molar-refractivity contribution in [3.8, 4) is 0 Å². The molecular weight excluding hydrogens is 1040 g/mol. The zero-order valence-electron chi connectivity index (χ0n) is 57.9. The van der Waals surface area contributed by atoms with Gasteiger partial charge < -0.3 is 20.3 Å². The Labute approximate surface area is 532 Å². The van der Waals surface area contributed by atoms with E-state index in [1.165, 1.54) is 379 Å². The van der Waals surface area contributed by atoms with E-state index in [0.717, 1.165) is 38.5 Å². The van der Waals surface area contributed by atoms with Crippen LogP contribution in [0, 0.1) is 0 Å². The van der Waals surface area contributed by atoms with Gasteiger partial charge in [-0.05, 0) is 57.8 Å². The lowest BCUT2D eigenvalue weighted by molar-refractivity contribution is -0.143. The van der Waals surface area contributed by atoms with Crippen molar-refractivity contribution in [1.29, 1.82) is 0 Å². The molecule has 2 unspecified atom stereocenters. The molecule has 6 heteroatoms. The van der Waals surface area contributed by atoms with Crippen LogP contribution < -0.4 is 5.32 Å². The molecular formula is C79H153NO5. The molecule has 0 fully saturated rings. The number of hydrogen-bond acceptors (Lipinski definition) is 5. The Balaban J connectivity index is 3.38. The SMILES string of the molecule is CCCCCCCCCCCCCCCCCCCCCC/C=C/C(O)C(CO)NC(=O)CCCCCCCCCCCCCC/C=C\CCCCCCCCCCCCCCOC(=O)CCCCCCCCCCCCCCCCCCCC. The average molecular weight is 1200 g/mol. The second kappa shape index (κ2) is 74.8. The third-order valence-corrected chi connectivity index (χ3v) is 18.5. The normalized spacial score (nSPS) is 12.6. The number of ether oxygens (including phenoxy) is 1. The van der Waals surface area contributed by atoms with Crippen molar-refractivity contribution in [2.24, 2.45) is 0 Å². The third-order valence-electron chi connectivity index (χ3n) is 18.5. The fourth-order valence-corrected chi connectivity index (χ4v) is 12.5. The summed E-state index contributed by atoms with van der Waals surface area (Å²) in [5.74, 6) is -0.0421. The molecule has 0 aliphatic carbocycles. The van der Waals surface area contributed by atoms with E-state index in [2.05, 4.69) is 31.3 Å². The van der Waals surface area contributed by atoms with E-state index in [0.29, 0.717) is 19.4 Å². The first-order valence-corrected chi connectivity index (χ1v) is 39.1. The van der Waals surface area contributed by atoms with Crippen LogP contribution in [0.1, 0.15) is 444 Å². The minimum Gasteiger partial charge on any atom is -0.466 e. The number of aliphatic hydroxyl groups excluding tert-OH is 2. The Morgan fingerprint density at radius 3 is 0.835 bits per heavy atom. The lowest BCUT2D eigenvalue weighted by atomic mass is 10.0. The summed E-state index contributed by atoms with van der Waals surface area (Å²) in [6.45, 7) is 4.96. The first kappa shape index (κ1) is 83.3. The molecule has 0 saturated heterocycles. The molecule has 0 saturated carbocycles. The van der Waals surface area contributed by atoms with Crippen molar-refractivity contribution < 1.29 is 24.5 Å². The summed E-state index contributed by atoms with van der Waals surface area (Å²) in [5, 5.41) is 23.3. The van der Waals surface area contributed by atoms with Crippen LogP contribution >= 0.6 is 0 Å². The fraction of sp³-hybridized carbons (Fsp3) is 0.924. The molecule has 0 rings (SSSR count). The lowest BCUT2D eigenvalue weighted by Gasteiger charge is -2.20. The molecule has 0 aromatic carbocycles. The van der Waals surface area contributed by atoms with Crippen molar-refractivity contribution in [1.82, 2.24) is 5.32 Å². The molecule has 0 bridgehead atoms. The smallest absolute Gasteiger partial charge is 0.305 e. The van der Waals surface area contributed by atoms with Gasteiger partial charge in [-0.3, -0.25) is 9.59 Å². The van der Waals surface area contributed by atoms with E-state index in [-0.39, 0.29) is 18.5 Å². The molecule has 0 aromatic heterocycles. The van der Waals surface area contributed by atoms with Gasteiger partial charge in [-0.15, -0.1) is 0 Å². The summed E-state index contributed by atoms with van der Waals surface area (Å²) in [7, 11) is 0. The number of esters is 1. The molecule has 0 aliphatic rings. The fourth-order valence-electron chi connectivity index (χ4n) is 12.5. The number of carbonyl (C=O) groups is 2. The zero-order chi connectivity index (χ0) is 61.3. The number of hydrogen-bond donors (Lipinski definition) is 3. The number of carbonyl (C=O) groups excluding carboxylic acids is 2. The Bertz CT molecular complexity index is 1330. The van der Waals surface area contributed by atoms with Crippen LogP contribution in [0.4, 0.5) is 0 Å². The van der Waals surface area contributed by atoms with Gasteiger partial charge in [0.25, 0.3) is 0 Å². The molecule has 0 aromatic rings. The highest BCUT2D eigenvalue weighted by atomic mass is 16.5. The number of nitrogens with one attached hydrogen (secondary N) is 1. The van der Waals surface area contributed by atoms with Crippen molar-refractivity contribution in [3.05, 3.63) is 24.3 Å². The minimum atomic E-state index is -0.846. The van der Waals surface area contributed by atoms with Crippen molar-refractivity contribution in [2.45, 2.75) is 456 Å². The van der Waals surface area contributed by atoms with E-state index in [1.54, 1.807) is 6.08 Å². The first-order valence-electron chi connectivity index (χ1n) is 39.1. The number of allylic oxidation sites excluding steroid dienone is 3. The molecule has 2 atom stereocenters. The molecule has 85 heavy (non-hydrogen) atoms. The minimum absolute atomic E-state index is 0.0210. The molecule has 504 valence electrons. The first-order chi connectivity index (χ1) is 42.0. The predicted octanol–water partition coefficient (Wildman–Crippen LogP) is 25.7. The molecule has 3 N–H and O–H groups in total. The van der Waals surface area contributed by atoms with Gasteiger partial charge in [0.15, 0.2) is 0 Å². The summed E-state index contributed by atoms with van der Waals surface area (Å²) in [4.78, 5) is 24.7. The molecule has 0 heterocycles. The number of aliphatic hydroxyl groups is 2. The van der Waals surface area contributed by atoms with Gasteiger partial charge in [0.05, 0.1) is 25.4 Å². The summed E-state index contributed by atoms with van der Waals surface area (Å²) in [5.41, 5.74) is 0. The Morgan fingerprint density at radius 2 is 0.553 bits per heavy atom. The number of unbranched alkanes of at least 4 members (excludes halogenated alkanes) is 61. The molecule has 1 amide bonds. The maximum Gasteiger partial charge on any atom is 0.305 e. The van der Waals surface area contributed by atoms with Gasteiger partial charge in [0.2, 0.25) is 5.91 Å². The highest BCUT2D eigenvalue weighted by molar-refractivity contribution is 5.76. The molecule has 0 spiro atoms. The molecule has 6 nitrogen and oxygen atoms in total. The Kier molecular flexibility index (Phi) is 73.3. The number of amides is 1. The van der Waals surface area contributed by atoms with Gasteiger partial charge in [0, 0.05) is 12.8 Å². The predicted molar refractivity (Wildman–Crippen MR) is 375 cm³/mol. The second-order valence-corrected chi connectivity index (χ2v) is 27.0. The monoisotopic (exact) mass is 1200 g/mol. The van der Waals surface area contributed by atoms with Crippen LogP contribution in [0.15, 0.2) is 24.3 Å². The number of rotatable bonds is 74. The second-order valence-electron chi connectivity index (χ2n) is 27.0. The van der Waals surface area contributed by atoms with Crippen LogP contribution in [0.3, 0.4) is 0 Å². The topological polar surface area (TPSA) is 95.9 Å². The maximum atomic E-state index is 12.5. The van der Waals surface area contributed by atoms with Crippen LogP contribution in [-0.4, -0.2) is 47.4 Å². The van der Waals surface area contributed by atoms with Gasteiger partial charge in [-0.1, -0.05) is 398 Å². The van der Waals surface area contributed by atoms with Crippen LogP contribution in [0.5, 0.6) is 0 Å². The largest absolute Gasteiger partial charge is 0.466 e. The summed E-state index contributed by atoms with van der Waals surface area (Å²) in [6, 6.07) is -0.629. The third kappa shape index (κ3) is 71.3. The Morgan fingerprint density at radius 1 is 0.318 bits per heavy atom. The van der Waals surface area contributed by atoms with Crippen molar-refractivity contribution in [2.75, 3.05) is 13.2 Å². The Hall–Kier alpha value is -1.66. The quantitative estimate of drug-likeness (QED) is 0.0320. The van der Waals surface area contributed by atoms with E-state index < -0.39 is 12.1 Å². The van der Waals surface area contributed by atoms with Crippen molar-refractivity contribution >= 4 is 11.9 Å². The van der Waals surface area contributed by atoms with E-state index in [1.807, 2.05) is 6.08 Å². The highest BCUT2D eigenvalue weighted by Gasteiger charge is 2.18. The maximum absolute atomic E-state index is 12.5. The highest BCUT2D eigenvalue weighted by Crippen LogP contribution is 2.20. The van der Waals surface area contributed by atoms with E-state index >= 15 is 0 Å². The zero-order valence-corrected chi connectivity index (χ0v) is 57.9. The lowest BCUT2D eigenvalue weighted by Crippen LogP contribution is -2.45. The van der Waals surface area contributed by atoms with E-state index in [4.69, 9.17) is 4.74 Å². The van der Waals surface area contributed by atoms with Gasteiger partial charge in [-0.25, -0.2) is 0 Å². The van der Waals surface area contributed by atoms with Gasteiger partial charge in [0.1, 0.15) is 0 Å². The molecule has 0 radical (unpaired) electrons. The van der Waals surface area contributed by atoms with Gasteiger partial charge >= 0.3 is 5.97 Å². The summed E-state index contributed by atoms with van der Waals surface area (Å²) >= 11 is 0. The van der Waals surface area contributed by atoms with Crippen LogP contribution in [-0.2, 0) is 14.3 Å². The standard InChI is InChI=1S/C79H153NO5/c1-3-5-7-9-11-13-15-17-19-21-23-24-33-36-39-43-47-51-55-59-63-67-71-77(82)76(75-81)80-78(83)72-68-64-60-56-52-48-44-40-37-34-31-29-27-25-26-28-30-32-35-38-42-46-50-54-58-62-66-70-74-85-79(84)73-69-65-61-57-53-49-45-41-22-20-18-16-14-12-10-8-6-4-2/h25-26,67,71,76-77,81-82H,3-24,27-66,68-70,72-75H2,1-2H3,(H,80,83)/b26-25-,71-67+. The van der Waals surface area contributed by atoms with Crippen molar-refractivity contribution in [3.63, 3.8) is 0 Å². The summed E-state index contributed by atoms with van der Waals surface area (Å²) in [6.07, 6.45) is 95.7. The molecule has 0 aliphatic heterocycles. The van der Waals surface area contributed by atoms with Gasteiger partial charge in [-0.2, -0.15) is 0 Å². The van der Waals surface area contributed by atoms with Crippen LogP contribution in [0.2, 0.25) is 0 Å². The van der Waals surface area contributed by atoms with Crippen LogP contribution in [0.25, 0.3) is 0 Å². The average Bonchev–Trinajstić information content (AvgIpc) is 3.51. The van der Waals surface area contributed by atoms with E-state index in [9.17, 15) is 19.8 Å².